The summed E-state index contributed by atoms with van der Waals surface area (Å²) in [5.41, 5.74) is -0.524. The van der Waals surface area contributed by atoms with Crippen LogP contribution in [-0.2, 0) is 11.3 Å². The Balaban J connectivity index is 2.08. The molecule has 0 aliphatic rings. The second-order valence-electron chi connectivity index (χ2n) is 6.09. The first-order valence-corrected chi connectivity index (χ1v) is 8.55. The summed E-state index contributed by atoms with van der Waals surface area (Å²) < 4.78 is 0.949. The average Bonchev–Trinajstić information content (AvgIpc) is 2.59. The Morgan fingerprint density at radius 2 is 2.00 bits per heavy atom. The number of nitrogens with one attached hydrogen (secondary N) is 2. The van der Waals surface area contributed by atoms with E-state index in [0.29, 0.717) is 23.4 Å². The van der Waals surface area contributed by atoms with E-state index in [1.54, 1.807) is 24.3 Å². The van der Waals surface area contributed by atoms with Crippen LogP contribution < -0.4 is 16.6 Å². The number of rotatable bonds is 8. The number of carbonyl (C=O) groups excluding carboxylic acids is 1. The monoisotopic (exact) mass is 331 g/mol. The Morgan fingerprint density at radius 1 is 1.25 bits per heavy atom. The van der Waals surface area contributed by atoms with Crippen molar-refractivity contribution in [2.24, 2.45) is 5.92 Å². The quantitative estimate of drug-likeness (QED) is 0.776. The van der Waals surface area contributed by atoms with Crippen LogP contribution in [0, 0.1) is 5.92 Å². The third-order valence-electron chi connectivity index (χ3n) is 4.32. The van der Waals surface area contributed by atoms with Gasteiger partial charge in [-0.05, 0) is 24.5 Å². The van der Waals surface area contributed by atoms with Crippen molar-refractivity contribution < 1.29 is 4.79 Å². The van der Waals surface area contributed by atoms with Gasteiger partial charge in [0.05, 0.1) is 10.9 Å². The van der Waals surface area contributed by atoms with Crippen LogP contribution in [-0.4, -0.2) is 22.0 Å². The largest absolute Gasteiger partial charge is 0.354 e. The molecule has 0 spiro atoms. The highest BCUT2D eigenvalue weighted by molar-refractivity contribution is 5.78. The molecule has 0 aliphatic carbocycles. The van der Waals surface area contributed by atoms with Crippen LogP contribution in [0.5, 0.6) is 0 Å². The van der Waals surface area contributed by atoms with Crippen LogP contribution in [0.25, 0.3) is 10.9 Å². The van der Waals surface area contributed by atoms with Gasteiger partial charge in [-0.3, -0.25) is 14.2 Å². The van der Waals surface area contributed by atoms with Crippen molar-refractivity contribution in [1.29, 1.82) is 0 Å². The van der Waals surface area contributed by atoms with E-state index in [-0.39, 0.29) is 12.5 Å². The van der Waals surface area contributed by atoms with Crippen molar-refractivity contribution in [3.8, 4) is 0 Å². The maximum absolute atomic E-state index is 12.4. The van der Waals surface area contributed by atoms with Crippen LogP contribution in [0.1, 0.15) is 39.5 Å². The van der Waals surface area contributed by atoms with Crippen molar-refractivity contribution in [2.45, 2.75) is 46.1 Å². The van der Waals surface area contributed by atoms with Crippen LogP contribution in [0.3, 0.4) is 0 Å². The molecule has 0 saturated carbocycles. The third kappa shape index (κ3) is 4.34. The number of hydrogen-bond acceptors (Lipinski definition) is 3. The summed E-state index contributed by atoms with van der Waals surface area (Å²) in [5, 5.41) is 3.24. The number of carbonyl (C=O) groups is 1. The molecule has 2 rings (SSSR count). The minimum Gasteiger partial charge on any atom is -0.354 e. The van der Waals surface area contributed by atoms with Crippen molar-refractivity contribution in [3.63, 3.8) is 0 Å². The molecule has 1 heterocycles. The van der Waals surface area contributed by atoms with Gasteiger partial charge in [0.25, 0.3) is 5.56 Å². The lowest BCUT2D eigenvalue weighted by Gasteiger charge is -2.15. The Kier molecular flexibility index (Phi) is 6.35. The summed E-state index contributed by atoms with van der Waals surface area (Å²) in [6, 6.07) is 6.78. The number of para-hydroxylation sites is 1. The predicted octanol–water partition coefficient (Wildman–Crippen LogP) is 2.02. The molecule has 0 radical (unpaired) electrons. The molecule has 1 atom stereocenters. The number of amides is 1. The number of hydrogen-bond donors (Lipinski definition) is 2. The van der Waals surface area contributed by atoms with Crippen LogP contribution in [0.15, 0.2) is 33.9 Å². The number of aromatic nitrogens is 2. The number of benzene rings is 1. The minimum atomic E-state index is -0.563. The molecular formula is C18H25N3O3. The van der Waals surface area contributed by atoms with E-state index in [2.05, 4.69) is 24.1 Å². The number of nitrogens with zero attached hydrogens (tertiary/aromatic N) is 1. The lowest BCUT2D eigenvalue weighted by Crippen LogP contribution is -2.41. The van der Waals surface area contributed by atoms with Crippen LogP contribution in [0.4, 0.5) is 0 Å². The zero-order valence-electron chi connectivity index (χ0n) is 14.3. The van der Waals surface area contributed by atoms with Crippen molar-refractivity contribution in [3.05, 3.63) is 45.1 Å². The number of aromatic amines is 1. The molecular weight excluding hydrogens is 306 g/mol. The van der Waals surface area contributed by atoms with Gasteiger partial charge in [0.15, 0.2) is 0 Å². The second-order valence-corrected chi connectivity index (χ2v) is 6.09. The van der Waals surface area contributed by atoms with E-state index in [4.69, 9.17) is 0 Å². The van der Waals surface area contributed by atoms with Crippen molar-refractivity contribution >= 4 is 16.8 Å². The average molecular weight is 331 g/mol. The second kappa shape index (κ2) is 8.47. The molecule has 6 nitrogen and oxygen atoms in total. The highest BCUT2D eigenvalue weighted by Crippen LogP contribution is 2.11. The van der Waals surface area contributed by atoms with Gasteiger partial charge < -0.3 is 10.3 Å². The molecule has 1 aromatic carbocycles. The van der Waals surface area contributed by atoms with Gasteiger partial charge in [-0.2, -0.15) is 0 Å². The predicted molar refractivity (Wildman–Crippen MR) is 95.1 cm³/mol. The van der Waals surface area contributed by atoms with Gasteiger partial charge >= 0.3 is 5.69 Å². The van der Waals surface area contributed by atoms with Gasteiger partial charge in [-0.1, -0.05) is 45.2 Å². The van der Waals surface area contributed by atoms with Crippen molar-refractivity contribution in [1.82, 2.24) is 14.9 Å². The lowest BCUT2D eigenvalue weighted by molar-refractivity contribution is -0.122. The van der Waals surface area contributed by atoms with Crippen LogP contribution >= 0.6 is 0 Å². The van der Waals surface area contributed by atoms with Gasteiger partial charge in [-0.15, -0.1) is 0 Å². The number of fused-ring (bicyclic) bond motifs is 1. The molecule has 2 N–H and O–H groups in total. The minimum absolute atomic E-state index is 0.261. The van der Waals surface area contributed by atoms with E-state index in [1.807, 2.05) is 0 Å². The third-order valence-corrected chi connectivity index (χ3v) is 4.32. The molecule has 1 amide bonds. The molecule has 0 saturated heterocycles. The Morgan fingerprint density at radius 3 is 2.71 bits per heavy atom. The normalized spacial score (nSPS) is 12.2. The fraction of sp³-hybridized carbons (Fsp3) is 0.500. The maximum atomic E-state index is 12.4. The SMILES string of the molecule is CCCC[C@@H](CC)CNC(=O)Cn1c(=O)[nH]c2ccccc2c1=O. The Labute approximate surface area is 140 Å². The smallest absolute Gasteiger partial charge is 0.329 e. The maximum Gasteiger partial charge on any atom is 0.329 e. The summed E-state index contributed by atoms with van der Waals surface area (Å²) >= 11 is 0. The zero-order chi connectivity index (χ0) is 17.5. The topological polar surface area (TPSA) is 84.0 Å². The standard InChI is InChI=1S/C18H25N3O3/c1-3-5-8-13(4-2)11-19-16(22)12-21-17(23)14-9-6-7-10-15(14)20-18(21)24/h6-7,9-10,13H,3-5,8,11-12H2,1-2H3,(H,19,22)(H,20,24)/t13-/m1/s1. The molecule has 24 heavy (non-hydrogen) atoms. The molecule has 6 heteroatoms. The highest BCUT2D eigenvalue weighted by Gasteiger charge is 2.12. The Bertz CT molecular complexity index is 807. The van der Waals surface area contributed by atoms with E-state index < -0.39 is 11.2 Å². The number of unbranched alkanes of at least 4 members (excludes halogenated alkanes) is 1. The molecule has 130 valence electrons. The summed E-state index contributed by atoms with van der Waals surface area (Å²) in [6.07, 6.45) is 4.34. The fourth-order valence-electron chi connectivity index (χ4n) is 2.74. The first-order valence-electron chi connectivity index (χ1n) is 8.55. The van der Waals surface area contributed by atoms with Gasteiger partial charge in [0.1, 0.15) is 6.54 Å². The van der Waals surface area contributed by atoms with Crippen molar-refractivity contribution in [2.75, 3.05) is 6.54 Å². The first kappa shape index (κ1) is 18.0. The lowest BCUT2D eigenvalue weighted by atomic mass is 9.99. The van der Waals surface area contributed by atoms with Crippen LogP contribution in [0.2, 0.25) is 0 Å². The summed E-state index contributed by atoms with van der Waals surface area (Å²) in [6.45, 7) is 4.56. The zero-order valence-corrected chi connectivity index (χ0v) is 14.3. The van der Waals surface area contributed by atoms with E-state index in [0.717, 1.165) is 30.3 Å². The molecule has 2 aromatic rings. The van der Waals surface area contributed by atoms with E-state index in [9.17, 15) is 14.4 Å². The summed E-state index contributed by atoms with van der Waals surface area (Å²) in [4.78, 5) is 39.2. The molecule has 1 aromatic heterocycles. The van der Waals surface area contributed by atoms with Gasteiger partial charge in [0.2, 0.25) is 5.91 Å². The summed E-state index contributed by atoms with van der Waals surface area (Å²) in [7, 11) is 0. The highest BCUT2D eigenvalue weighted by atomic mass is 16.2. The molecule has 0 unspecified atom stereocenters. The molecule has 0 fully saturated rings. The molecule has 0 aliphatic heterocycles. The Hall–Kier alpha value is -2.37. The van der Waals surface area contributed by atoms with E-state index >= 15 is 0 Å². The van der Waals surface area contributed by atoms with Gasteiger partial charge in [-0.25, -0.2) is 4.79 Å². The fourth-order valence-corrected chi connectivity index (χ4v) is 2.74. The first-order chi connectivity index (χ1) is 11.6. The number of H-pyrrole nitrogens is 1. The van der Waals surface area contributed by atoms with Gasteiger partial charge in [0, 0.05) is 6.54 Å². The molecule has 0 bridgehead atoms. The summed E-state index contributed by atoms with van der Waals surface area (Å²) in [5.74, 6) is 0.119. The van der Waals surface area contributed by atoms with E-state index in [1.165, 1.54) is 0 Å².